The fraction of sp³-hybridized carbons (Fsp3) is 0.889. The maximum Gasteiger partial charge on any atom is 0.239 e. The third kappa shape index (κ3) is 17.9. The highest BCUT2D eigenvalue weighted by molar-refractivity contribution is 5.84. The molecule has 4 N–H and O–H groups in total. The summed E-state index contributed by atoms with van der Waals surface area (Å²) in [7, 11) is 0. The van der Waals surface area contributed by atoms with Gasteiger partial charge in [-0.1, -0.05) is 13.8 Å². The number of nitrogens with two attached hydrogens (primary N) is 1. The molecular formula is C18H37N3O6. The molecule has 0 aromatic heterocycles. The van der Waals surface area contributed by atoms with E-state index in [-0.39, 0.29) is 37.4 Å². The second kappa shape index (κ2) is 18.1. The van der Waals surface area contributed by atoms with E-state index in [1.807, 2.05) is 20.8 Å². The number of carbonyl (C=O) groups is 2. The van der Waals surface area contributed by atoms with Gasteiger partial charge in [0.15, 0.2) is 0 Å². The molecule has 9 nitrogen and oxygen atoms in total. The van der Waals surface area contributed by atoms with Gasteiger partial charge in [-0.15, -0.1) is 0 Å². The van der Waals surface area contributed by atoms with E-state index in [2.05, 4.69) is 10.6 Å². The van der Waals surface area contributed by atoms with Crippen LogP contribution in [0.4, 0.5) is 0 Å². The number of amides is 2. The van der Waals surface area contributed by atoms with Crippen LogP contribution in [0.2, 0.25) is 0 Å². The summed E-state index contributed by atoms with van der Waals surface area (Å²) in [5.74, 6) is -0.0530. The van der Waals surface area contributed by atoms with Gasteiger partial charge < -0.3 is 35.3 Å². The number of ether oxygens (including phenoxy) is 4. The molecule has 2 amide bonds. The average molecular weight is 392 g/mol. The molecule has 0 aromatic rings. The van der Waals surface area contributed by atoms with Crippen molar-refractivity contribution in [2.45, 2.75) is 33.2 Å². The van der Waals surface area contributed by atoms with Crippen LogP contribution < -0.4 is 16.4 Å². The van der Waals surface area contributed by atoms with Crippen LogP contribution in [-0.4, -0.2) is 83.8 Å². The van der Waals surface area contributed by atoms with Crippen molar-refractivity contribution in [2.24, 2.45) is 11.7 Å². The normalized spacial score (nSPS) is 12.2. The molecule has 1 atom stereocenters. The summed E-state index contributed by atoms with van der Waals surface area (Å²) in [5.41, 5.74) is 5.29. The predicted molar refractivity (Wildman–Crippen MR) is 102 cm³/mol. The van der Waals surface area contributed by atoms with Crippen LogP contribution in [-0.2, 0) is 28.5 Å². The fourth-order valence-electron chi connectivity index (χ4n) is 1.75. The summed E-state index contributed by atoms with van der Waals surface area (Å²) >= 11 is 0. The Morgan fingerprint density at radius 1 is 0.778 bits per heavy atom. The van der Waals surface area contributed by atoms with Crippen molar-refractivity contribution in [3.63, 3.8) is 0 Å². The third-order valence-corrected chi connectivity index (χ3v) is 3.69. The van der Waals surface area contributed by atoms with Gasteiger partial charge in [0.25, 0.3) is 0 Å². The Morgan fingerprint density at radius 2 is 1.26 bits per heavy atom. The number of carbonyl (C=O) groups excluding carboxylic acids is 2. The zero-order valence-corrected chi connectivity index (χ0v) is 17.0. The zero-order chi connectivity index (χ0) is 20.3. The second-order valence-corrected chi connectivity index (χ2v) is 6.37. The lowest BCUT2D eigenvalue weighted by atomic mass is 10.1. The van der Waals surface area contributed by atoms with E-state index < -0.39 is 0 Å². The van der Waals surface area contributed by atoms with Crippen LogP contribution in [0.15, 0.2) is 0 Å². The van der Waals surface area contributed by atoms with E-state index in [4.69, 9.17) is 24.7 Å². The first-order valence-electron chi connectivity index (χ1n) is 9.54. The van der Waals surface area contributed by atoms with Crippen LogP contribution in [0.5, 0.6) is 0 Å². The minimum absolute atomic E-state index is 0.0176. The van der Waals surface area contributed by atoms with Crippen LogP contribution in [0.25, 0.3) is 0 Å². The van der Waals surface area contributed by atoms with Crippen LogP contribution in [0.1, 0.15) is 27.2 Å². The van der Waals surface area contributed by atoms with Crippen molar-refractivity contribution < 1.29 is 28.5 Å². The van der Waals surface area contributed by atoms with Gasteiger partial charge in [-0.3, -0.25) is 9.59 Å². The summed E-state index contributed by atoms with van der Waals surface area (Å²) in [4.78, 5) is 23.3. The molecule has 0 aliphatic rings. The number of hydrogen-bond acceptors (Lipinski definition) is 7. The molecule has 0 aliphatic heterocycles. The summed E-state index contributed by atoms with van der Waals surface area (Å²) < 4.78 is 21.1. The molecule has 0 aliphatic carbocycles. The first kappa shape index (κ1) is 25.7. The largest absolute Gasteiger partial charge is 0.379 e. The Bertz CT molecular complexity index is 382. The zero-order valence-electron chi connectivity index (χ0n) is 17.0. The molecule has 0 radical (unpaired) electrons. The van der Waals surface area contributed by atoms with Gasteiger partial charge >= 0.3 is 0 Å². The smallest absolute Gasteiger partial charge is 0.239 e. The molecule has 0 heterocycles. The van der Waals surface area contributed by atoms with Crippen molar-refractivity contribution in [2.75, 3.05) is 65.9 Å². The number of nitrogens with one attached hydrogen (secondary N) is 2. The highest BCUT2D eigenvalue weighted by Gasteiger charge is 2.11. The summed E-state index contributed by atoms with van der Waals surface area (Å²) in [5, 5.41) is 5.40. The standard InChI is InChI=1S/C18H37N3O6/c1-15(2)16(3)21-18(23)14-20-17(22)4-6-24-8-10-26-12-13-27-11-9-25-7-5-19/h15-16H,4-14,19H2,1-3H3,(H,20,22)(H,21,23). The molecule has 27 heavy (non-hydrogen) atoms. The van der Waals surface area contributed by atoms with Gasteiger partial charge in [0.1, 0.15) is 0 Å². The van der Waals surface area contributed by atoms with E-state index in [1.54, 1.807) is 0 Å². The van der Waals surface area contributed by atoms with E-state index in [9.17, 15) is 9.59 Å². The Balaban J connectivity index is 3.35. The molecule has 9 heteroatoms. The first-order valence-corrected chi connectivity index (χ1v) is 9.54. The fourth-order valence-corrected chi connectivity index (χ4v) is 1.75. The molecule has 0 saturated heterocycles. The maximum atomic E-state index is 11.7. The van der Waals surface area contributed by atoms with E-state index in [0.717, 1.165) is 0 Å². The lowest BCUT2D eigenvalue weighted by Gasteiger charge is -2.17. The minimum Gasteiger partial charge on any atom is -0.379 e. The molecule has 0 bridgehead atoms. The topological polar surface area (TPSA) is 121 Å². The molecule has 160 valence electrons. The molecule has 0 fully saturated rings. The summed E-state index contributed by atoms with van der Waals surface area (Å²) in [6, 6.07) is 0.0765. The molecule has 0 saturated carbocycles. The number of rotatable bonds is 18. The third-order valence-electron chi connectivity index (χ3n) is 3.69. The second-order valence-electron chi connectivity index (χ2n) is 6.37. The highest BCUT2D eigenvalue weighted by Crippen LogP contribution is 1.98. The lowest BCUT2D eigenvalue weighted by molar-refractivity contribution is -0.127. The van der Waals surface area contributed by atoms with Crippen molar-refractivity contribution in [1.29, 1.82) is 0 Å². The Hall–Kier alpha value is -1.26. The van der Waals surface area contributed by atoms with Gasteiger partial charge in [0, 0.05) is 19.0 Å². The molecule has 0 rings (SSSR count). The molecular weight excluding hydrogens is 354 g/mol. The van der Waals surface area contributed by atoms with Crippen LogP contribution in [0.3, 0.4) is 0 Å². The summed E-state index contributed by atoms with van der Waals surface area (Å²) in [6.45, 7) is 10.2. The summed E-state index contributed by atoms with van der Waals surface area (Å²) in [6.07, 6.45) is 0.207. The average Bonchev–Trinajstić information content (AvgIpc) is 2.63. The van der Waals surface area contributed by atoms with Crippen molar-refractivity contribution in [1.82, 2.24) is 10.6 Å². The monoisotopic (exact) mass is 391 g/mol. The van der Waals surface area contributed by atoms with Gasteiger partial charge in [-0.25, -0.2) is 0 Å². The van der Waals surface area contributed by atoms with Gasteiger partial charge in [-0.2, -0.15) is 0 Å². The van der Waals surface area contributed by atoms with Gasteiger partial charge in [0.2, 0.25) is 11.8 Å². The predicted octanol–water partition coefficient (Wildman–Crippen LogP) is -0.321. The Labute approximate surface area is 162 Å². The highest BCUT2D eigenvalue weighted by atomic mass is 16.6. The number of hydrogen-bond donors (Lipinski definition) is 3. The Morgan fingerprint density at radius 3 is 1.74 bits per heavy atom. The van der Waals surface area contributed by atoms with Crippen molar-refractivity contribution in [3.8, 4) is 0 Å². The first-order chi connectivity index (χ1) is 13.0. The van der Waals surface area contributed by atoms with Crippen LogP contribution >= 0.6 is 0 Å². The van der Waals surface area contributed by atoms with E-state index in [1.165, 1.54) is 0 Å². The SMILES string of the molecule is CC(C)C(C)NC(=O)CNC(=O)CCOCCOCCOCCOCCN. The van der Waals surface area contributed by atoms with E-state index in [0.29, 0.717) is 58.7 Å². The van der Waals surface area contributed by atoms with E-state index >= 15 is 0 Å². The molecule has 0 spiro atoms. The maximum absolute atomic E-state index is 11.7. The van der Waals surface area contributed by atoms with Crippen LogP contribution in [0, 0.1) is 5.92 Å². The Kier molecular flexibility index (Phi) is 17.3. The lowest BCUT2D eigenvalue weighted by Crippen LogP contribution is -2.42. The van der Waals surface area contributed by atoms with Gasteiger partial charge in [-0.05, 0) is 12.8 Å². The quantitative estimate of drug-likeness (QED) is 0.274. The van der Waals surface area contributed by atoms with Gasteiger partial charge in [0.05, 0.1) is 59.4 Å². The molecule has 0 aromatic carbocycles. The minimum atomic E-state index is -0.214. The van der Waals surface area contributed by atoms with Crippen molar-refractivity contribution >= 4 is 11.8 Å². The van der Waals surface area contributed by atoms with Crippen molar-refractivity contribution in [3.05, 3.63) is 0 Å². The molecule has 1 unspecified atom stereocenters.